The van der Waals surface area contributed by atoms with Gasteiger partial charge < -0.3 is 14.5 Å². The first kappa shape index (κ1) is 20.1. The zero-order valence-corrected chi connectivity index (χ0v) is 17.6. The molecule has 2 heterocycles. The lowest BCUT2D eigenvalue weighted by Gasteiger charge is -2.07. The van der Waals surface area contributed by atoms with E-state index in [-0.39, 0.29) is 12.5 Å². The molecule has 7 heteroatoms. The Hall–Kier alpha value is -3.21. The number of amides is 1. The van der Waals surface area contributed by atoms with Crippen molar-refractivity contribution in [1.29, 1.82) is 5.26 Å². The molecule has 0 radical (unpaired) electrons. The fourth-order valence-corrected chi connectivity index (χ4v) is 4.85. The number of carbonyl (C=O) groups excluding carboxylic acids is 1. The summed E-state index contributed by atoms with van der Waals surface area (Å²) in [5, 5.41) is 14.6. The van der Waals surface area contributed by atoms with Crippen molar-refractivity contribution >= 4 is 40.0 Å². The van der Waals surface area contributed by atoms with Crippen molar-refractivity contribution in [3.8, 4) is 11.8 Å². The monoisotopic (exact) mass is 434 g/mol. The Bertz CT molecular complexity index is 1190. The van der Waals surface area contributed by atoms with Crippen LogP contribution in [0.15, 0.2) is 74.7 Å². The number of furan rings is 1. The molecule has 0 unspecified atom stereocenters. The second-order valence-corrected chi connectivity index (χ2v) is 8.63. The van der Waals surface area contributed by atoms with E-state index in [9.17, 15) is 4.79 Å². The van der Waals surface area contributed by atoms with E-state index in [1.54, 1.807) is 29.2 Å². The lowest BCUT2D eigenvalue weighted by Crippen LogP contribution is -2.23. The molecule has 0 aliphatic rings. The average molecular weight is 435 g/mol. The highest BCUT2D eigenvalue weighted by molar-refractivity contribution is 8.00. The molecule has 0 saturated carbocycles. The Balaban J connectivity index is 1.51. The van der Waals surface area contributed by atoms with Crippen LogP contribution in [-0.2, 0) is 12.3 Å². The maximum absolute atomic E-state index is 12.9. The van der Waals surface area contributed by atoms with Crippen LogP contribution in [0.1, 0.15) is 21.7 Å². The Morgan fingerprint density at radius 2 is 2.07 bits per heavy atom. The van der Waals surface area contributed by atoms with Gasteiger partial charge in [0.1, 0.15) is 17.4 Å². The number of rotatable bonds is 8. The number of carbonyl (C=O) groups is 1. The van der Waals surface area contributed by atoms with Gasteiger partial charge in [0, 0.05) is 23.2 Å². The van der Waals surface area contributed by atoms with Crippen LogP contribution in [-0.4, -0.2) is 12.5 Å². The van der Waals surface area contributed by atoms with Crippen molar-refractivity contribution in [3.63, 3.8) is 0 Å². The van der Waals surface area contributed by atoms with Gasteiger partial charge in [0.05, 0.1) is 4.21 Å². The summed E-state index contributed by atoms with van der Waals surface area (Å²) in [6.45, 7) is 0.317. The zero-order chi connectivity index (χ0) is 20.8. The van der Waals surface area contributed by atoms with Gasteiger partial charge >= 0.3 is 0 Å². The van der Waals surface area contributed by atoms with Crippen molar-refractivity contribution in [2.75, 3.05) is 6.61 Å². The minimum atomic E-state index is -0.253. The van der Waals surface area contributed by atoms with Crippen LogP contribution in [0.4, 0.5) is 0 Å². The van der Waals surface area contributed by atoms with Gasteiger partial charge in [-0.1, -0.05) is 36.4 Å². The second kappa shape index (κ2) is 9.53. The van der Waals surface area contributed by atoms with Crippen LogP contribution in [0, 0.1) is 11.3 Å². The van der Waals surface area contributed by atoms with E-state index in [1.807, 2.05) is 60.0 Å². The van der Waals surface area contributed by atoms with Gasteiger partial charge in [-0.3, -0.25) is 4.79 Å². The number of thiophene rings is 1. The molecule has 2 aromatic heterocycles. The molecule has 0 aliphatic heterocycles. The van der Waals surface area contributed by atoms with E-state index < -0.39 is 0 Å². The molecule has 0 bridgehead atoms. The van der Waals surface area contributed by atoms with Crippen LogP contribution in [0.2, 0.25) is 0 Å². The molecule has 1 N–H and O–H groups in total. The highest BCUT2D eigenvalue weighted by atomic mass is 32.2. The van der Waals surface area contributed by atoms with Crippen molar-refractivity contribution < 1.29 is 13.9 Å². The third kappa shape index (κ3) is 4.67. The molecule has 0 saturated heterocycles. The quantitative estimate of drug-likeness (QED) is 0.364. The number of fused-ring (bicyclic) bond motifs is 1. The lowest BCUT2D eigenvalue weighted by molar-refractivity contribution is 0.0924. The lowest BCUT2D eigenvalue weighted by atomic mass is 10.1. The van der Waals surface area contributed by atoms with Crippen molar-refractivity contribution in [3.05, 3.63) is 82.9 Å². The predicted octanol–water partition coefficient (Wildman–Crippen LogP) is 5.62. The summed E-state index contributed by atoms with van der Waals surface area (Å²) in [5.74, 6) is 1.34. The number of thioether (sulfide) groups is 1. The van der Waals surface area contributed by atoms with Gasteiger partial charge in [0.2, 0.25) is 0 Å². The molecular weight excluding hydrogens is 416 g/mol. The van der Waals surface area contributed by atoms with E-state index in [1.165, 1.54) is 4.21 Å². The second-order valence-electron chi connectivity index (χ2n) is 6.40. The molecule has 0 fully saturated rings. The molecule has 0 atom stereocenters. The van der Waals surface area contributed by atoms with E-state index in [0.29, 0.717) is 29.4 Å². The first-order chi connectivity index (χ1) is 14.7. The maximum Gasteiger partial charge on any atom is 0.287 e. The minimum absolute atomic E-state index is 0.0138. The number of benzene rings is 2. The number of hydrogen-bond acceptors (Lipinski definition) is 6. The number of nitrogens with one attached hydrogen (secondary N) is 1. The first-order valence-electron chi connectivity index (χ1n) is 9.28. The van der Waals surface area contributed by atoms with Crippen LogP contribution >= 0.6 is 23.1 Å². The first-order valence-corrected chi connectivity index (χ1v) is 11.1. The Labute approximate surface area is 182 Å². The zero-order valence-electron chi connectivity index (χ0n) is 16.0. The fourth-order valence-electron chi connectivity index (χ4n) is 3.04. The van der Waals surface area contributed by atoms with E-state index in [2.05, 4.69) is 11.4 Å². The molecule has 0 spiro atoms. The van der Waals surface area contributed by atoms with Crippen LogP contribution in [0.3, 0.4) is 0 Å². The molecule has 0 aliphatic carbocycles. The van der Waals surface area contributed by atoms with Gasteiger partial charge in [0.25, 0.3) is 5.91 Å². The topological polar surface area (TPSA) is 75.3 Å². The SMILES string of the molecule is N#CCOc1cccc(CNC(=O)c2oc3ccccc3c2CSc2cccs2)c1. The molecule has 30 heavy (non-hydrogen) atoms. The van der Waals surface area contributed by atoms with E-state index >= 15 is 0 Å². The van der Waals surface area contributed by atoms with Gasteiger partial charge in [-0.05, 0) is 35.2 Å². The Morgan fingerprint density at radius 3 is 2.90 bits per heavy atom. The van der Waals surface area contributed by atoms with Gasteiger partial charge in [-0.15, -0.1) is 23.1 Å². The number of hydrogen-bond donors (Lipinski definition) is 1. The predicted molar refractivity (Wildman–Crippen MR) is 119 cm³/mol. The standard InChI is InChI=1S/C23H18N2O3S2/c24-10-11-27-17-6-3-5-16(13-17)14-25-23(26)22-19(15-30-21-9-4-12-29-21)18-7-1-2-8-20(18)28-22/h1-9,12-13H,11,14-15H2,(H,25,26). The molecule has 150 valence electrons. The number of nitrogens with zero attached hydrogens (tertiary/aromatic N) is 1. The molecule has 2 aromatic carbocycles. The third-order valence-corrected chi connectivity index (χ3v) is 6.57. The summed E-state index contributed by atoms with van der Waals surface area (Å²) in [5.41, 5.74) is 2.48. The number of ether oxygens (including phenoxy) is 1. The summed E-state index contributed by atoms with van der Waals surface area (Å²) in [6.07, 6.45) is 0. The largest absolute Gasteiger partial charge is 0.479 e. The summed E-state index contributed by atoms with van der Waals surface area (Å²) < 4.78 is 12.4. The third-order valence-electron chi connectivity index (χ3n) is 4.41. The number of nitriles is 1. The van der Waals surface area contributed by atoms with Crippen molar-refractivity contribution in [2.24, 2.45) is 0 Å². The number of para-hydroxylation sites is 1. The summed E-state index contributed by atoms with van der Waals surface area (Å²) >= 11 is 3.37. The minimum Gasteiger partial charge on any atom is -0.479 e. The summed E-state index contributed by atoms with van der Waals surface area (Å²) in [6, 6.07) is 21.1. The average Bonchev–Trinajstić information content (AvgIpc) is 3.42. The van der Waals surface area contributed by atoms with Gasteiger partial charge in [-0.2, -0.15) is 5.26 Å². The smallest absolute Gasteiger partial charge is 0.287 e. The summed E-state index contributed by atoms with van der Waals surface area (Å²) in [4.78, 5) is 12.9. The molecule has 4 aromatic rings. The highest BCUT2D eigenvalue weighted by Crippen LogP contribution is 2.33. The maximum atomic E-state index is 12.9. The highest BCUT2D eigenvalue weighted by Gasteiger charge is 2.20. The van der Waals surface area contributed by atoms with Crippen LogP contribution < -0.4 is 10.1 Å². The van der Waals surface area contributed by atoms with E-state index in [0.717, 1.165) is 16.5 Å². The Morgan fingerprint density at radius 1 is 1.17 bits per heavy atom. The van der Waals surface area contributed by atoms with E-state index in [4.69, 9.17) is 14.4 Å². The fraction of sp³-hybridized carbons (Fsp3) is 0.130. The normalized spacial score (nSPS) is 10.6. The molecular formula is C23H18N2O3S2. The molecule has 1 amide bonds. The van der Waals surface area contributed by atoms with Crippen LogP contribution in [0.25, 0.3) is 11.0 Å². The van der Waals surface area contributed by atoms with Gasteiger partial charge in [-0.25, -0.2) is 0 Å². The van der Waals surface area contributed by atoms with Crippen molar-refractivity contribution in [1.82, 2.24) is 5.32 Å². The summed E-state index contributed by atoms with van der Waals surface area (Å²) in [7, 11) is 0. The van der Waals surface area contributed by atoms with Crippen molar-refractivity contribution in [2.45, 2.75) is 16.5 Å². The van der Waals surface area contributed by atoms with Crippen LogP contribution in [0.5, 0.6) is 5.75 Å². The molecule has 5 nitrogen and oxygen atoms in total. The van der Waals surface area contributed by atoms with Gasteiger partial charge in [0.15, 0.2) is 12.4 Å². The Kier molecular flexibility index (Phi) is 6.38. The molecule has 4 rings (SSSR count).